The normalized spacial score (nSPS) is 17.6. The number of likely N-dealkylation sites (tertiary alicyclic amines) is 1. The lowest BCUT2D eigenvalue weighted by molar-refractivity contribution is 0.0104. The number of amides is 1. The number of nitrogens with zero attached hydrogens (tertiary/aromatic N) is 4. The summed E-state index contributed by atoms with van der Waals surface area (Å²) in [5, 5.41) is 11.2. The van der Waals surface area contributed by atoms with Gasteiger partial charge in [-0.3, -0.25) is 9.67 Å². The SMILES string of the molecule is CN=C(NCc1c(C)nn(C)c1C)NCC1CCCCN1C(=O)OC(C)(C)C.I. The molecule has 1 aromatic heterocycles. The maximum Gasteiger partial charge on any atom is 0.410 e. The van der Waals surface area contributed by atoms with Crippen molar-refractivity contribution < 1.29 is 9.53 Å². The topological polar surface area (TPSA) is 83.8 Å². The molecule has 0 spiro atoms. The molecule has 2 heterocycles. The quantitative estimate of drug-likeness (QED) is 0.362. The Morgan fingerprint density at radius 1 is 1.28 bits per heavy atom. The second-order valence-electron chi connectivity index (χ2n) is 8.40. The van der Waals surface area contributed by atoms with Gasteiger partial charge < -0.3 is 20.3 Å². The number of hydrogen-bond acceptors (Lipinski definition) is 4. The maximum absolute atomic E-state index is 12.5. The highest BCUT2D eigenvalue weighted by molar-refractivity contribution is 14.0. The van der Waals surface area contributed by atoms with Crippen LogP contribution >= 0.6 is 24.0 Å². The molecule has 0 radical (unpaired) electrons. The molecule has 1 fully saturated rings. The summed E-state index contributed by atoms with van der Waals surface area (Å²) in [6.45, 7) is 11.8. The Labute approximate surface area is 191 Å². The van der Waals surface area contributed by atoms with Crippen LogP contribution < -0.4 is 10.6 Å². The number of guanidine groups is 1. The Morgan fingerprint density at radius 2 is 1.97 bits per heavy atom. The first-order chi connectivity index (χ1) is 13.1. The molecule has 2 N–H and O–H groups in total. The van der Waals surface area contributed by atoms with Crippen LogP contribution in [0.2, 0.25) is 0 Å². The molecule has 8 nitrogen and oxygen atoms in total. The average molecular weight is 520 g/mol. The predicted octanol–water partition coefficient (Wildman–Crippen LogP) is 3.11. The van der Waals surface area contributed by atoms with Crippen LogP contribution in [0.3, 0.4) is 0 Å². The van der Waals surface area contributed by atoms with E-state index in [1.54, 1.807) is 7.05 Å². The molecule has 1 atom stereocenters. The smallest absolute Gasteiger partial charge is 0.410 e. The lowest BCUT2D eigenvalue weighted by Gasteiger charge is -2.37. The van der Waals surface area contributed by atoms with E-state index >= 15 is 0 Å². The van der Waals surface area contributed by atoms with Crippen molar-refractivity contribution >= 4 is 36.0 Å². The molecule has 29 heavy (non-hydrogen) atoms. The Morgan fingerprint density at radius 3 is 2.52 bits per heavy atom. The number of aryl methyl sites for hydroxylation is 2. The van der Waals surface area contributed by atoms with Crippen LogP contribution in [0.25, 0.3) is 0 Å². The zero-order chi connectivity index (χ0) is 20.9. The third-order valence-corrected chi connectivity index (χ3v) is 5.08. The summed E-state index contributed by atoms with van der Waals surface area (Å²) in [4.78, 5) is 18.7. The number of carbonyl (C=O) groups is 1. The number of aromatic nitrogens is 2. The Bertz CT molecular complexity index is 711. The van der Waals surface area contributed by atoms with Gasteiger partial charge in [0.05, 0.1) is 11.7 Å². The molecule has 1 saturated heterocycles. The van der Waals surface area contributed by atoms with E-state index in [4.69, 9.17) is 4.74 Å². The molecule has 0 aromatic carbocycles. The van der Waals surface area contributed by atoms with Gasteiger partial charge in [0.15, 0.2) is 5.96 Å². The Kier molecular flexibility index (Phi) is 9.70. The van der Waals surface area contributed by atoms with Crippen LogP contribution in [0.4, 0.5) is 4.79 Å². The number of hydrogen-bond donors (Lipinski definition) is 2. The number of piperidine rings is 1. The summed E-state index contributed by atoms with van der Waals surface area (Å²) in [7, 11) is 3.71. The van der Waals surface area contributed by atoms with Crippen molar-refractivity contribution in [2.45, 2.75) is 72.1 Å². The number of nitrogens with one attached hydrogen (secondary N) is 2. The molecule has 0 saturated carbocycles. The minimum Gasteiger partial charge on any atom is -0.444 e. The van der Waals surface area contributed by atoms with E-state index in [-0.39, 0.29) is 36.1 Å². The third kappa shape index (κ3) is 7.35. The zero-order valence-corrected chi connectivity index (χ0v) is 21.2. The van der Waals surface area contributed by atoms with Gasteiger partial charge in [-0.25, -0.2) is 4.79 Å². The number of carbonyl (C=O) groups excluding carboxylic acids is 1. The standard InChI is InChI=1S/C20H36N6O2.HI/c1-14-17(15(2)25(7)24-14)13-23-18(21-6)22-12-16-10-8-9-11-26(16)19(27)28-20(3,4)5;/h16H,8-13H2,1-7H3,(H2,21,22,23);1H. The van der Waals surface area contributed by atoms with Crippen molar-refractivity contribution in [3.05, 3.63) is 17.0 Å². The summed E-state index contributed by atoms with van der Waals surface area (Å²) in [6.07, 6.45) is 2.86. The van der Waals surface area contributed by atoms with Crippen molar-refractivity contribution in [3.8, 4) is 0 Å². The van der Waals surface area contributed by atoms with Gasteiger partial charge in [0, 0.05) is 45.0 Å². The van der Waals surface area contributed by atoms with E-state index in [1.807, 2.05) is 44.3 Å². The van der Waals surface area contributed by atoms with E-state index < -0.39 is 5.60 Å². The molecule has 2 rings (SSSR count). The molecule has 1 aliphatic rings. The molecule has 1 amide bonds. The van der Waals surface area contributed by atoms with Gasteiger partial charge in [-0.15, -0.1) is 24.0 Å². The van der Waals surface area contributed by atoms with Crippen molar-refractivity contribution in [3.63, 3.8) is 0 Å². The largest absolute Gasteiger partial charge is 0.444 e. The van der Waals surface area contributed by atoms with Gasteiger partial charge in [-0.05, 0) is 53.9 Å². The predicted molar refractivity (Wildman–Crippen MR) is 127 cm³/mol. The maximum atomic E-state index is 12.5. The fraction of sp³-hybridized carbons (Fsp3) is 0.750. The summed E-state index contributed by atoms with van der Waals surface area (Å²) in [6, 6.07) is 0.101. The lowest BCUT2D eigenvalue weighted by atomic mass is 10.0. The molecular formula is C20H37IN6O2. The lowest BCUT2D eigenvalue weighted by Crippen LogP contribution is -2.52. The molecule has 1 aliphatic heterocycles. The van der Waals surface area contributed by atoms with Crippen molar-refractivity contribution in [1.29, 1.82) is 0 Å². The fourth-order valence-corrected chi connectivity index (χ4v) is 3.45. The number of halogens is 1. The zero-order valence-electron chi connectivity index (χ0n) is 18.8. The number of ether oxygens (including phenoxy) is 1. The first kappa shape index (κ1) is 25.5. The number of rotatable bonds is 4. The molecule has 1 unspecified atom stereocenters. The highest BCUT2D eigenvalue weighted by atomic mass is 127. The summed E-state index contributed by atoms with van der Waals surface area (Å²) < 4.78 is 7.47. The minimum atomic E-state index is -0.483. The second-order valence-corrected chi connectivity index (χ2v) is 8.40. The summed E-state index contributed by atoms with van der Waals surface area (Å²) in [5.41, 5.74) is 2.86. The summed E-state index contributed by atoms with van der Waals surface area (Å²) in [5.74, 6) is 0.720. The number of aliphatic imine (C=N–C) groups is 1. The van der Waals surface area contributed by atoms with Crippen LogP contribution in [-0.2, 0) is 18.3 Å². The minimum absolute atomic E-state index is 0. The molecular weight excluding hydrogens is 483 g/mol. The first-order valence-corrected chi connectivity index (χ1v) is 10.1. The average Bonchev–Trinajstić information content (AvgIpc) is 2.86. The van der Waals surface area contributed by atoms with Crippen LogP contribution in [0.15, 0.2) is 4.99 Å². The third-order valence-electron chi connectivity index (χ3n) is 5.08. The van der Waals surface area contributed by atoms with E-state index in [0.29, 0.717) is 13.1 Å². The Hall–Kier alpha value is -1.52. The van der Waals surface area contributed by atoms with Crippen molar-refractivity contribution in [1.82, 2.24) is 25.3 Å². The van der Waals surface area contributed by atoms with Crippen molar-refractivity contribution in [2.24, 2.45) is 12.0 Å². The van der Waals surface area contributed by atoms with E-state index in [9.17, 15) is 4.79 Å². The molecule has 0 aliphatic carbocycles. The molecule has 9 heteroatoms. The van der Waals surface area contributed by atoms with Gasteiger partial charge in [0.1, 0.15) is 5.60 Å². The van der Waals surface area contributed by atoms with Gasteiger partial charge in [0.25, 0.3) is 0 Å². The van der Waals surface area contributed by atoms with Gasteiger partial charge in [0.2, 0.25) is 0 Å². The Balaban J connectivity index is 0.00000420. The van der Waals surface area contributed by atoms with Crippen LogP contribution in [0.5, 0.6) is 0 Å². The van der Waals surface area contributed by atoms with E-state index in [1.165, 1.54) is 5.56 Å². The second kappa shape index (κ2) is 11.0. The monoisotopic (exact) mass is 520 g/mol. The van der Waals surface area contributed by atoms with Crippen molar-refractivity contribution in [2.75, 3.05) is 20.1 Å². The van der Waals surface area contributed by atoms with Crippen LogP contribution in [0, 0.1) is 13.8 Å². The first-order valence-electron chi connectivity index (χ1n) is 10.1. The highest BCUT2D eigenvalue weighted by Gasteiger charge is 2.30. The van der Waals surface area contributed by atoms with Crippen LogP contribution in [-0.4, -0.2) is 58.5 Å². The molecule has 166 valence electrons. The van der Waals surface area contributed by atoms with E-state index in [0.717, 1.165) is 43.2 Å². The molecule has 1 aromatic rings. The van der Waals surface area contributed by atoms with Crippen LogP contribution in [0.1, 0.15) is 57.0 Å². The highest BCUT2D eigenvalue weighted by Crippen LogP contribution is 2.20. The van der Waals surface area contributed by atoms with Gasteiger partial charge in [-0.1, -0.05) is 0 Å². The fourth-order valence-electron chi connectivity index (χ4n) is 3.45. The van der Waals surface area contributed by atoms with Gasteiger partial charge >= 0.3 is 6.09 Å². The van der Waals surface area contributed by atoms with Gasteiger partial charge in [-0.2, -0.15) is 5.10 Å². The van der Waals surface area contributed by atoms with E-state index in [2.05, 4.69) is 27.6 Å². The summed E-state index contributed by atoms with van der Waals surface area (Å²) >= 11 is 0. The molecule has 0 bridgehead atoms.